The highest BCUT2D eigenvalue weighted by atomic mass is 31.1. The predicted octanol–water partition coefficient (Wildman–Crippen LogP) is -0.892. The molecule has 5 nitrogen and oxygen atoms in total. The molecule has 0 aromatic heterocycles. The third-order valence-electron chi connectivity index (χ3n) is 1.61. The lowest BCUT2D eigenvalue weighted by Crippen LogP contribution is -2.25. The maximum absolute atomic E-state index is 10.1. The molecule has 11 heavy (non-hydrogen) atoms. The monoisotopic (exact) mass is 181 g/mol. The van der Waals surface area contributed by atoms with Crippen LogP contribution in [0.5, 0.6) is 0 Å². The Hall–Kier alpha value is 0.0700. The molecule has 1 aliphatic heterocycles. The van der Waals surface area contributed by atoms with Crippen molar-refractivity contribution >= 4 is 8.25 Å². The van der Waals surface area contributed by atoms with Gasteiger partial charge in [-0.25, -0.2) is 0 Å². The Morgan fingerprint density at radius 3 is 2.91 bits per heavy atom. The van der Waals surface area contributed by atoms with E-state index in [1.54, 1.807) is 0 Å². The molecule has 0 aromatic carbocycles. The molecule has 0 aromatic rings. The minimum absolute atomic E-state index is 0.0195. The lowest BCUT2D eigenvalue weighted by atomic mass is 10.2. The first-order valence-electron chi connectivity index (χ1n) is 3.45. The van der Waals surface area contributed by atoms with Crippen molar-refractivity contribution in [2.45, 2.75) is 18.6 Å². The molecule has 66 valence electrons. The first kappa shape index (κ1) is 9.16. The van der Waals surface area contributed by atoms with Crippen molar-refractivity contribution in [1.29, 1.82) is 0 Å². The molecule has 3 unspecified atom stereocenters. The van der Waals surface area contributed by atoms with Crippen molar-refractivity contribution in [3.63, 3.8) is 0 Å². The van der Waals surface area contributed by atoms with E-state index >= 15 is 0 Å². The normalized spacial score (nSPS) is 34.0. The molecule has 3 atom stereocenters. The van der Waals surface area contributed by atoms with E-state index in [0.717, 1.165) is 0 Å². The maximum atomic E-state index is 10.1. The van der Waals surface area contributed by atoms with Crippen molar-refractivity contribution in [3.05, 3.63) is 0 Å². The van der Waals surface area contributed by atoms with E-state index in [-0.39, 0.29) is 18.8 Å². The second kappa shape index (κ2) is 4.18. The van der Waals surface area contributed by atoms with E-state index in [1.165, 1.54) is 0 Å². The molecule has 1 rings (SSSR count). The number of hydrogen-bond acceptors (Lipinski definition) is 4. The zero-order chi connectivity index (χ0) is 8.27. The summed E-state index contributed by atoms with van der Waals surface area (Å²) in [6, 6.07) is 0.0195. The van der Waals surface area contributed by atoms with Crippen LogP contribution in [0.25, 0.3) is 0 Å². The van der Waals surface area contributed by atoms with Crippen molar-refractivity contribution in [2.75, 3.05) is 13.2 Å². The van der Waals surface area contributed by atoms with Crippen molar-refractivity contribution < 1.29 is 19.1 Å². The van der Waals surface area contributed by atoms with Crippen molar-refractivity contribution in [2.24, 2.45) is 0 Å². The van der Waals surface area contributed by atoms with E-state index in [0.29, 0.717) is 13.0 Å². The maximum Gasteiger partial charge on any atom is 0.316 e. The summed E-state index contributed by atoms with van der Waals surface area (Å²) >= 11 is 0. The van der Waals surface area contributed by atoms with E-state index in [4.69, 9.17) is 10.00 Å². The summed E-state index contributed by atoms with van der Waals surface area (Å²) in [4.78, 5) is 8.31. The van der Waals surface area contributed by atoms with Gasteiger partial charge in [-0.3, -0.25) is 4.57 Å². The van der Waals surface area contributed by atoms with E-state index in [1.807, 2.05) is 0 Å². The van der Waals surface area contributed by atoms with Gasteiger partial charge in [0.1, 0.15) is 0 Å². The topological polar surface area (TPSA) is 78.8 Å². The zero-order valence-electron chi connectivity index (χ0n) is 5.99. The van der Waals surface area contributed by atoms with Gasteiger partial charge in [0.25, 0.3) is 0 Å². The summed E-state index contributed by atoms with van der Waals surface area (Å²) in [7, 11) is -2.81. The summed E-state index contributed by atoms with van der Waals surface area (Å²) in [6.45, 7) is 0.742. The van der Waals surface area contributed by atoms with Gasteiger partial charge >= 0.3 is 8.25 Å². The van der Waals surface area contributed by atoms with Crippen LogP contribution in [-0.4, -0.2) is 35.3 Å². The summed E-state index contributed by atoms with van der Waals surface area (Å²) in [5, 5.41) is 12.0. The minimum Gasteiger partial charge on any atom is -0.392 e. The molecule has 1 heterocycles. The van der Waals surface area contributed by atoms with Gasteiger partial charge in [0.05, 0.1) is 12.7 Å². The van der Waals surface area contributed by atoms with Crippen LogP contribution >= 0.6 is 8.25 Å². The zero-order valence-corrected chi connectivity index (χ0v) is 6.99. The van der Waals surface area contributed by atoms with Crippen LogP contribution in [0.4, 0.5) is 0 Å². The predicted molar refractivity (Wildman–Crippen MR) is 39.6 cm³/mol. The van der Waals surface area contributed by atoms with Gasteiger partial charge in [-0.2, -0.15) is 0 Å². The highest BCUT2D eigenvalue weighted by Crippen LogP contribution is 2.17. The fourth-order valence-electron chi connectivity index (χ4n) is 1.10. The Bertz CT molecular complexity index is 153. The van der Waals surface area contributed by atoms with Gasteiger partial charge in [-0.15, -0.1) is 0 Å². The summed E-state index contributed by atoms with van der Waals surface area (Å²) < 4.78 is 14.6. The molecule has 1 aliphatic rings. The molecule has 0 amide bonds. The number of β-amino-alcohol motifs (C(OH)–C–C–N with tert-alkyl or cyclic N) is 1. The number of aliphatic hydroxyl groups is 1. The standard InChI is InChI=1S/C5H12NO4P/c7-5-1-4(6-2-5)3-10-11(8)9/h4-7,11H,1-3H2,(H,8,9). The van der Waals surface area contributed by atoms with Crippen molar-refractivity contribution in [3.8, 4) is 0 Å². The summed E-state index contributed by atoms with van der Waals surface area (Å²) in [5.41, 5.74) is 0. The first-order valence-corrected chi connectivity index (χ1v) is 4.72. The fourth-order valence-corrected chi connectivity index (χ4v) is 1.44. The molecule has 0 saturated carbocycles. The number of nitrogens with one attached hydrogen (secondary N) is 1. The lowest BCUT2D eigenvalue weighted by molar-refractivity contribution is 0.185. The van der Waals surface area contributed by atoms with E-state index in [9.17, 15) is 4.57 Å². The Morgan fingerprint density at radius 1 is 1.73 bits per heavy atom. The van der Waals surface area contributed by atoms with Gasteiger partial charge in [-0.05, 0) is 6.42 Å². The Labute approximate surface area is 65.3 Å². The van der Waals surface area contributed by atoms with E-state index in [2.05, 4.69) is 9.84 Å². The van der Waals surface area contributed by atoms with Gasteiger partial charge in [0.15, 0.2) is 0 Å². The smallest absolute Gasteiger partial charge is 0.316 e. The quantitative estimate of drug-likeness (QED) is 0.492. The van der Waals surface area contributed by atoms with Gasteiger partial charge < -0.3 is 19.8 Å². The second-order valence-corrected chi connectivity index (χ2v) is 3.39. The Morgan fingerprint density at radius 2 is 2.45 bits per heavy atom. The molecule has 1 saturated heterocycles. The van der Waals surface area contributed by atoms with Crippen LogP contribution in [0.2, 0.25) is 0 Å². The molecule has 0 spiro atoms. The van der Waals surface area contributed by atoms with Crippen LogP contribution in [0, 0.1) is 0 Å². The minimum atomic E-state index is -2.81. The van der Waals surface area contributed by atoms with Crippen molar-refractivity contribution in [1.82, 2.24) is 5.32 Å². The largest absolute Gasteiger partial charge is 0.392 e. The molecular formula is C5H12NO4P. The number of rotatable bonds is 3. The van der Waals surface area contributed by atoms with Crippen LogP contribution in [-0.2, 0) is 9.09 Å². The second-order valence-electron chi connectivity index (χ2n) is 2.57. The average Bonchev–Trinajstić information content (AvgIpc) is 2.31. The molecule has 3 N–H and O–H groups in total. The first-order chi connectivity index (χ1) is 5.18. The molecule has 0 radical (unpaired) electrons. The van der Waals surface area contributed by atoms with Crippen LogP contribution in [0.15, 0.2) is 0 Å². The highest BCUT2D eigenvalue weighted by Gasteiger charge is 2.22. The van der Waals surface area contributed by atoms with Crippen LogP contribution < -0.4 is 5.32 Å². The molecule has 1 fully saturated rings. The van der Waals surface area contributed by atoms with E-state index < -0.39 is 8.25 Å². The van der Waals surface area contributed by atoms with Gasteiger partial charge in [0, 0.05) is 12.6 Å². The van der Waals surface area contributed by atoms with Crippen LogP contribution in [0.3, 0.4) is 0 Å². The highest BCUT2D eigenvalue weighted by molar-refractivity contribution is 7.32. The third kappa shape index (κ3) is 3.31. The van der Waals surface area contributed by atoms with Gasteiger partial charge in [-0.1, -0.05) is 0 Å². The Balaban J connectivity index is 2.13. The fraction of sp³-hybridized carbons (Fsp3) is 1.00. The third-order valence-corrected chi connectivity index (χ3v) is 2.02. The summed E-state index contributed by atoms with van der Waals surface area (Å²) in [6.07, 6.45) is 0.249. The molecule has 0 bridgehead atoms. The molecule has 0 aliphatic carbocycles. The summed E-state index contributed by atoms with van der Waals surface area (Å²) in [5.74, 6) is 0. The Kier molecular flexibility index (Phi) is 3.48. The average molecular weight is 181 g/mol. The SMILES string of the molecule is O=[PH](O)OCC1CC(O)CN1. The molecular weight excluding hydrogens is 169 g/mol. The van der Waals surface area contributed by atoms with Gasteiger partial charge in [0.2, 0.25) is 0 Å². The number of aliphatic hydroxyl groups excluding tert-OH is 1. The van der Waals surface area contributed by atoms with Crippen LogP contribution in [0.1, 0.15) is 6.42 Å². The molecule has 6 heteroatoms. The lowest BCUT2D eigenvalue weighted by Gasteiger charge is -2.07. The number of hydrogen-bond donors (Lipinski definition) is 3.